The van der Waals surface area contributed by atoms with Gasteiger partial charge in [0.05, 0.1) is 12.0 Å². The zero-order chi connectivity index (χ0) is 13.5. The Morgan fingerprint density at radius 3 is 3.00 bits per heavy atom. The largest absolute Gasteiger partial charge is 0.361 e. The molecule has 3 heterocycles. The van der Waals surface area contributed by atoms with Crippen LogP contribution in [0.2, 0.25) is 0 Å². The molecule has 0 unspecified atom stereocenters. The van der Waals surface area contributed by atoms with Crippen LogP contribution in [0, 0.1) is 0 Å². The highest BCUT2D eigenvalue weighted by Gasteiger charge is 2.08. The Kier molecular flexibility index (Phi) is 2.37. The van der Waals surface area contributed by atoms with Gasteiger partial charge in [0.25, 0.3) is 0 Å². The highest BCUT2D eigenvalue weighted by Crippen LogP contribution is 2.29. The summed E-state index contributed by atoms with van der Waals surface area (Å²) < 4.78 is 2.02. The summed E-state index contributed by atoms with van der Waals surface area (Å²) in [5.74, 6) is 0. The molecular weight excluding hydrogens is 248 g/mol. The number of nitrogens with zero attached hydrogens (tertiary/aromatic N) is 2. The molecule has 4 nitrogen and oxygen atoms in total. The number of aromatic nitrogens is 3. The molecule has 1 aromatic carbocycles. The summed E-state index contributed by atoms with van der Waals surface area (Å²) in [6.45, 7) is 0.462. The number of benzene rings is 1. The molecule has 3 aromatic heterocycles. The minimum Gasteiger partial charge on any atom is -0.361 e. The average Bonchev–Trinajstić information content (AvgIpc) is 3.09. The summed E-state index contributed by atoms with van der Waals surface area (Å²) in [7, 11) is 0. The maximum atomic E-state index is 5.64. The molecule has 4 heteroatoms. The van der Waals surface area contributed by atoms with Gasteiger partial charge in [-0.25, -0.2) is 4.98 Å². The van der Waals surface area contributed by atoms with Gasteiger partial charge < -0.3 is 15.1 Å². The van der Waals surface area contributed by atoms with E-state index in [4.69, 9.17) is 5.73 Å². The van der Waals surface area contributed by atoms with E-state index >= 15 is 0 Å². The third-order valence-electron chi connectivity index (χ3n) is 3.65. The van der Waals surface area contributed by atoms with E-state index in [1.807, 2.05) is 22.9 Å². The predicted octanol–water partition coefficient (Wildman–Crippen LogP) is 2.94. The Balaban J connectivity index is 1.93. The number of fused-ring (bicyclic) bond motifs is 2. The smallest absolute Gasteiger partial charge is 0.0994 e. The number of hydrogen-bond acceptors (Lipinski definition) is 2. The van der Waals surface area contributed by atoms with Gasteiger partial charge in [0.1, 0.15) is 0 Å². The molecule has 0 radical (unpaired) electrons. The molecule has 0 saturated carbocycles. The van der Waals surface area contributed by atoms with Gasteiger partial charge in [0.15, 0.2) is 0 Å². The van der Waals surface area contributed by atoms with E-state index in [9.17, 15) is 0 Å². The summed E-state index contributed by atoms with van der Waals surface area (Å²) in [6, 6.07) is 12.5. The van der Waals surface area contributed by atoms with E-state index < -0.39 is 0 Å². The summed E-state index contributed by atoms with van der Waals surface area (Å²) in [6.07, 6.45) is 5.96. The minimum atomic E-state index is 0.462. The van der Waals surface area contributed by atoms with Crippen molar-refractivity contribution in [2.45, 2.75) is 6.54 Å². The first-order valence-corrected chi connectivity index (χ1v) is 6.58. The van der Waals surface area contributed by atoms with Gasteiger partial charge in [-0.15, -0.1) is 0 Å². The van der Waals surface area contributed by atoms with Gasteiger partial charge in [0, 0.05) is 46.5 Å². The summed E-state index contributed by atoms with van der Waals surface area (Å²) in [4.78, 5) is 7.62. The molecule has 0 atom stereocenters. The zero-order valence-electron chi connectivity index (χ0n) is 10.9. The zero-order valence-corrected chi connectivity index (χ0v) is 10.9. The van der Waals surface area contributed by atoms with Crippen molar-refractivity contribution in [2.75, 3.05) is 0 Å². The topological polar surface area (TPSA) is 59.1 Å². The first kappa shape index (κ1) is 11.3. The molecule has 3 N–H and O–H groups in total. The lowest BCUT2D eigenvalue weighted by Crippen LogP contribution is -2.00. The van der Waals surface area contributed by atoms with E-state index in [-0.39, 0.29) is 0 Å². The fraction of sp³-hybridized carbons (Fsp3) is 0.0625. The summed E-state index contributed by atoms with van der Waals surface area (Å²) in [5, 5.41) is 1.23. The Morgan fingerprint density at radius 2 is 2.10 bits per heavy atom. The van der Waals surface area contributed by atoms with Crippen LogP contribution in [0.4, 0.5) is 0 Å². The lowest BCUT2D eigenvalue weighted by molar-refractivity contribution is 0.953. The molecule has 0 amide bonds. The number of H-pyrrole nitrogens is 1. The van der Waals surface area contributed by atoms with E-state index in [1.54, 1.807) is 0 Å². The molecule has 0 aliphatic heterocycles. The molecule has 0 spiro atoms. The number of nitrogens with one attached hydrogen (secondary N) is 1. The first-order chi connectivity index (χ1) is 9.85. The standard InChI is InChI=1S/C16H14N4/c17-7-12-6-13-5-11(9-20(13)10-19-12)15-8-18-16-4-2-1-3-14(15)16/h1-6,8-10,18H,7,17H2. The van der Waals surface area contributed by atoms with Crippen molar-refractivity contribution >= 4 is 16.4 Å². The number of para-hydroxylation sites is 1. The van der Waals surface area contributed by atoms with Crippen LogP contribution in [-0.2, 0) is 6.54 Å². The van der Waals surface area contributed by atoms with Gasteiger partial charge in [-0.05, 0) is 18.2 Å². The lowest BCUT2D eigenvalue weighted by Gasteiger charge is -1.96. The van der Waals surface area contributed by atoms with Gasteiger partial charge in [-0.2, -0.15) is 0 Å². The molecule has 0 aliphatic rings. The highest BCUT2D eigenvalue weighted by molar-refractivity contribution is 5.96. The summed E-state index contributed by atoms with van der Waals surface area (Å²) >= 11 is 0. The van der Waals surface area contributed by atoms with Crippen molar-refractivity contribution in [1.29, 1.82) is 0 Å². The maximum absolute atomic E-state index is 5.64. The monoisotopic (exact) mass is 262 g/mol. The number of nitrogens with two attached hydrogens (primary N) is 1. The second-order valence-electron chi connectivity index (χ2n) is 4.89. The van der Waals surface area contributed by atoms with Crippen LogP contribution < -0.4 is 5.73 Å². The van der Waals surface area contributed by atoms with Gasteiger partial charge in [-0.3, -0.25) is 0 Å². The molecule has 4 rings (SSSR count). The van der Waals surface area contributed by atoms with Gasteiger partial charge >= 0.3 is 0 Å². The van der Waals surface area contributed by atoms with Gasteiger partial charge in [0.2, 0.25) is 0 Å². The Bertz CT molecular complexity index is 901. The third kappa shape index (κ3) is 1.62. The van der Waals surface area contributed by atoms with Crippen molar-refractivity contribution in [3.05, 3.63) is 60.8 Å². The molecular formula is C16H14N4. The van der Waals surface area contributed by atoms with Crippen LogP contribution >= 0.6 is 0 Å². The second kappa shape index (κ2) is 4.21. The van der Waals surface area contributed by atoms with Crippen molar-refractivity contribution < 1.29 is 0 Å². The Morgan fingerprint density at radius 1 is 1.20 bits per heavy atom. The molecule has 4 aromatic rings. The van der Waals surface area contributed by atoms with Crippen LogP contribution in [0.5, 0.6) is 0 Å². The fourth-order valence-corrected chi connectivity index (χ4v) is 2.63. The molecule has 0 saturated heterocycles. The lowest BCUT2D eigenvalue weighted by atomic mass is 10.1. The van der Waals surface area contributed by atoms with Crippen LogP contribution in [0.1, 0.15) is 5.69 Å². The normalized spacial score (nSPS) is 11.4. The van der Waals surface area contributed by atoms with Crippen LogP contribution in [0.3, 0.4) is 0 Å². The molecule has 0 aliphatic carbocycles. The molecule has 0 fully saturated rings. The molecule has 98 valence electrons. The SMILES string of the molecule is NCc1cc2cc(-c3c[nH]c4ccccc34)cn2cn1. The predicted molar refractivity (Wildman–Crippen MR) is 80.4 cm³/mol. The summed E-state index contributed by atoms with van der Waals surface area (Å²) in [5.41, 5.74) is 11.2. The van der Waals surface area contributed by atoms with Crippen molar-refractivity contribution in [2.24, 2.45) is 5.73 Å². The van der Waals surface area contributed by atoms with E-state index in [1.165, 1.54) is 16.5 Å². The van der Waals surface area contributed by atoms with Crippen molar-refractivity contribution in [3.63, 3.8) is 0 Å². The molecule has 0 bridgehead atoms. The third-order valence-corrected chi connectivity index (χ3v) is 3.65. The number of hydrogen-bond donors (Lipinski definition) is 2. The maximum Gasteiger partial charge on any atom is 0.0994 e. The molecule has 20 heavy (non-hydrogen) atoms. The van der Waals surface area contributed by atoms with Crippen LogP contribution in [0.15, 0.2) is 55.1 Å². The number of rotatable bonds is 2. The van der Waals surface area contributed by atoms with Crippen LogP contribution in [-0.4, -0.2) is 14.4 Å². The van der Waals surface area contributed by atoms with E-state index in [2.05, 4.69) is 46.6 Å². The van der Waals surface area contributed by atoms with E-state index in [0.29, 0.717) is 6.54 Å². The second-order valence-corrected chi connectivity index (χ2v) is 4.89. The Labute approximate surface area is 115 Å². The van der Waals surface area contributed by atoms with Crippen LogP contribution in [0.25, 0.3) is 27.5 Å². The minimum absolute atomic E-state index is 0.462. The van der Waals surface area contributed by atoms with Crippen molar-refractivity contribution in [3.8, 4) is 11.1 Å². The Hall–Kier alpha value is -2.59. The quantitative estimate of drug-likeness (QED) is 0.583. The number of aromatic amines is 1. The fourth-order valence-electron chi connectivity index (χ4n) is 2.63. The first-order valence-electron chi connectivity index (χ1n) is 6.58. The van der Waals surface area contributed by atoms with E-state index in [0.717, 1.165) is 16.7 Å². The van der Waals surface area contributed by atoms with Crippen molar-refractivity contribution in [1.82, 2.24) is 14.4 Å². The highest BCUT2D eigenvalue weighted by atomic mass is 14.9. The average molecular weight is 262 g/mol. The van der Waals surface area contributed by atoms with Gasteiger partial charge in [-0.1, -0.05) is 18.2 Å².